The molecule has 0 saturated carbocycles. The van der Waals surface area contributed by atoms with E-state index >= 15 is 0 Å². The molecule has 0 amide bonds. The standard InChI is InChI=1S/C17H20O.C9H10O2/c1-3-9-16(10-4-1)11-7-8-14-18-15-17-12-5-2-6-13-17;10-6-7-11-8-9-4-2-1-3-5-9/h1-6,9-10,12-13H,7-8,11,14-15H2;1-6H,7-8H2. The zero-order chi connectivity index (χ0) is 20.4. The van der Waals surface area contributed by atoms with Gasteiger partial charge >= 0.3 is 0 Å². The largest absolute Gasteiger partial charge is 0.377 e. The Bertz CT molecular complexity index is 714. The van der Waals surface area contributed by atoms with E-state index in [0.29, 0.717) is 6.61 Å². The van der Waals surface area contributed by atoms with Crippen molar-refractivity contribution in [2.24, 2.45) is 0 Å². The van der Waals surface area contributed by atoms with E-state index < -0.39 is 0 Å². The maximum absolute atomic E-state index is 9.87. The van der Waals surface area contributed by atoms with E-state index in [1.807, 2.05) is 48.5 Å². The summed E-state index contributed by atoms with van der Waals surface area (Å²) in [4.78, 5) is 9.87. The molecule has 0 atom stereocenters. The Labute approximate surface area is 174 Å². The molecule has 3 nitrogen and oxygen atoms in total. The lowest BCUT2D eigenvalue weighted by atomic mass is 10.1. The number of benzene rings is 3. The van der Waals surface area contributed by atoms with E-state index in [9.17, 15) is 4.79 Å². The van der Waals surface area contributed by atoms with Gasteiger partial charge in [-0.15, -0.1) is 0 Å². The molecule has 3 aromatic rings. The number of carbonyl (C=O) groups is 1. The second-order valence-corrected chi connectivity index (χ2v) is 6.65. The van der Waals surface area contributed by atoms with Crippen molar-refractivity contribution in [3.05, 3.63) is 108 Å². The van der Waals surface area contributed by atoms with Crippen LogP contribution in [-0.2, 0) is 33.9 Å². The minimum atomic E-state index is 0.175. The molecule has 3 rings (SSSR count). The highest BCUT2D eigenvalue weighted by molar-refractivity contribution is 5.50. The maximum atomic E-state index is 9.87. The first-order chi connectivity index (χ1) is 14.4. The summed E-state index contributed by atoms with van der Waals surface area (Å²) in [5.41, 5.74) is 3.76. The molecule has 29 heavy (non-hydrogen) atoms. The van der Waals surface area contributed by atoms with Gasteiger partial charge in [0.15, 0.2) is 0 Å². The van der Waals surface area contributed by atoms with E-state index in [4.69, 9.17) is 9.47 Å². The third kappa shape index (κ3) is 11.0. The van der Waals surface area contributed by atoms with Crippen LogP contribution in [0.5, 0.6) is 0 Å². The van der Waals surface area contributed by atoms with Gasteiger partial charge in [0.25, 0.3) is 0 Å². The zero-order valence-corrected chi connectivity index (χ0v) is 16.9. The lowest BCUT2D eigenvalue weighted by Gasteiger charge is -2.04. The van der Waals surface area contributed by atoms with E-state index in [0.717, 1.165) is 37.9 Å². The van der Waals surface area contributed by atoms with Gasteiger partial charge in [-0.1, -0.05) is 91.0 Å². The summed E-state index contributed by atoms with van der Waals surface area (Å²) in [6.45, 7) is 2.27. The molecule has 0 aromatic heterocycles. The van der Waals surface area contributed by atoms with Crippen molar-refractivity contribution in [1.82, 2.24) is 0 Å². The van der Waals surface area contributed by atoms with Crippen LogP contribution in [0.3, 0.4) is 0 Å². The highest BCUT2D eigenvalue weighted by Gasteiger charge is 1.94. The summed E-state index contributed by atoms with van der Waals surface area (Å²) in [6.07, 6.45) is 4.22. The summed E-state index contributed by atoms with van der Waals surface area (Å²) < 4.78 is 10.7. The van der Waals surface area contributed by atoms with Crippen LogP contribution in [0.4, 0.5) is 0 Å². The van der Waals surface area contributed by atoms with Crippen LogP contribution in [-0.4, -0.2) is 19.5 Å². The van der Waals surface area contributed by atoms with Gasteiger partial charge in [0, 0.05) is 6.61 Å². The fraction of sp³-hybridized carbons (Fsp3) is 0.269. The monoisotopic (exact) mass is 390 g/mol. The van der Waals surface area contributed by atoms with Crippen LogP contribution in [0.15, 0.2) is 91.0 Å². The normalized spacial score (nSPS) is 10.1. The molecule has 0 radical (unpaired) electrons. The summed E-state index contributed by atoms with van der Waals surface area (Å²) >= 11 is 0. The number of aldehydes is 1. The van der Waals surface area contributed by atoms with Crippen molar-refractivity contribution < 1.29 is 14.3 Å². The molecule has 0 spiro atoms. The minimum absolute atomic E-state index is 0.175. The van der Waals surface area contributed by atoms with E-state index in [1.165, 1.54) is 17.5 Å². The molecule has 0 heterocycles. The van der Waals surface area contributed by atoms with Gasteiger partial charge in [0.2, 0.25) is 0 Å². The predicted octanol–water partition coefficient (Wildman–Crippen LogP) is 5.63. The summed E-state index contributed by atoms with van der Waals surface area (Å²) in [6, 6.07) is 30.7. The first kappa shape index (κ1) is 22.5. The highest BCUT2D eigenvalue weighted by Crippen LogP contribution is 2.06. The van der Waals surface area contributed by atoms with Gasteiger partial charge in [-0.25, -0.2) is 0 Å². The topological polar surface area (TPSA) is 35.5 Å². The molecule has 3 aromatic carbocycles. The third-order valence-corrected chi connectivity index (χ3v) is 4.26. The number of aryl methyl sites for hydroxylation is 1. The Kier molecular flexibility index (Phi) is 11.8. The molecule has 0 bridgehead atoms. The lowest BCUT2D eigenvalue weighted by Crippen LogP contribution is -1.96. The molecule has 0 fully saturated rings. The third-order valence-electron chi connectivity index (χ3n) is 4.26. The van der Waals surface area contributed by atoms with Gasteiger partial charge in [-0.2, -0.15) is 0 Å². The van der Waals surface area contributed by atoms with Crippen LogP contribution in [0.2, 0.25) is 0 Å². The summed E-state index contributed by atoms with van der Waals surface area (Å²) in [5, 5.41) is 0. The van der Waals surface area contributed by atoms with Crippen molar-refractivity contribution in [2.45, 2.75) is 32.5 Å². The minimum Gasteiger partial charge on any atom is -0.377 e. The number of rotatable bonds is 11. The molecule has 0 aliphatic rings. The zero-order valence-electron chi connectivity index (χ0n) is 16.9. The van der Waals surface area contributed by atoms with Crippen molar-refractivity contribution in [1.29, 1.82) is 0 Å². The first-order valence-electron chi connectivity index (χ1n) is 10.1. The molecule has 0 aliphatic carbocycles. The van der Waals surface area contributed by atoms with E-state index in [1.54, 1.807) is 0 Å². The van der Waals surface area contributed by atoms with E-state index in [-0.39, 0.29) is 6.61 Å². The Morgan fingerprint density at radius 2 is 1.07 bits per heavy atom. The fourth-order valence-electron chi connectivity index (χ4n) is 2.74. The van der Waals surface area contributed by atoms with Crippen LogP contribution >= 0.6 is 0 Å². The summed E-state index contributed by atoms with van der Waals surface area (Å²) in [7, 11) is 0. The molecule has 3 heteroatoms. The fourth-order valence-corrected chi connectivity index (χ4v) is 2.74. The number of ether oxygens (including phenoxy) is 2. The van der Waals surface area contributed by atoms with Crippen molar-refractivity contribution in [3.8, 4) is 0 Å². The Balaban J connectivity index is 0.000000234. The Morgan fingerprint density at radius 1 is 0.586 bits per heavy atom. The molecule has 152 valence electrons. The molecule has 0 N–H and O–H groups in total. The van der Waals surface area contributed by atoms with Crippen molar-refractivity contribution >= 4 is 6.29 Å². The van der Waals surface area contributed by atoms with Crippen LogP contribution < -0.4 is 0 Å². The second kappa shape index (κ2) is 15.2. The van der Waals surface area contributed by atoms with Crippen LogP contribution in [0, 0.1) is 0 Å². The second-order valence-electron chi connectivity index (χ2n) is 6.65. The van der Waals surface area contributed by atoms with Crippen LogP contribution in [0.1, 0.15) is 29.5 Å². The molecule has 0 aliphatic heterocycles. The first-order valence-corrected chi connectivity index (χ1v) is 10.1. The lowest BCUT2D eigenvalue weighted by molar-refractivity contribution is -0.112. The molecule has 0 unspecified atom stereocenters. The van der Waals surface area contributed by atoms with Gasteiger partial charge < -0.3 is 14.3 Å². The van der Waals surface area contributed by atoms with Gasteiger partial charge in [0.1, 0.15) is 12.9 Å². The SMILES string of the molecule is O=CCOCc1ccccc1.c1ccc(CCCCOCc2ccccc2)cc1. The van der Waals surface area contributed by atoms with Crippen LogP contribution in [0.25, 0.3) is 0 Å². The summed E-state index contributed by atoms with van der Waals surface area (Å²) in [5.74, 6) is 0. The molecular formula is C26H30O3. The van der Waals surface area contributed by atoms with Crippen molar-refractivity contribution in [2.75, 3.05) is 13.2 Å². The molecule has 0 saturated heterocycles. The van der Waals surface area contributed by atoms with Gasteiger partial charge in [0.05, 0.1) is 13.2 Å². The number of carbonyl (C=O) groups excluding carboxylic acids is 1. The number of hydrogen-bond acceptors (Lipinski definition) is 3. The van der Waals surface area contributed by atoms with Gasteiger partial charge in [-0.05, 0) is 36.0 Å². The number of unbranched alkanes of at least 4 members (excludes halogenated alkanes) is 1. The van der Waals surface area contributed by atoms with Crippen molar-refractivity contribution in [3.63, 3.8) is 0 Å². The quantitative estimate of drug-likeness (QED) is 0.314. The Hall–Kier alpha value is -2.75. The predicted molar refractivity (Wildman–Crippen MR) is 118 cm³/mol. The Morgan fingerprint density at radius 3 is 1.59 bits per heavy atom. The highest BCUT2D eigenvalue weighted by atomic mass is 16.5. The van der Waals surface area contributed by atoms with Gasteiger partial charge in [-0.3, -0.25) is 0 Å². The molecular weight excluding hydrogens is 360 g/mol. The average molecular weight is 391 g/mol. The van der Waals surface area contributed by atoms with E-state index in [2.05, 4.69) is 42.5 Å². The average Bonchev–Trinajstić information content (AvgIpc) is 2.79. The maximum Gasteiger partial charge on any atom is 0.145 e. The smallest absolute Gasteiger partial charge is 0.145 e. The number of hydrogen-bond donors (Lipinski definition) is 0.